The maximum atomic E-state index is 12.3. The molecule has 0 aliphatic heterocycles. The quantitative estimate of drug-likeness (QED) is 0.560. The van der Waals surface area contributed by atoms with Gasteiger partial charge in [0.05, 0.1) is 11.1 Å². The molecule has 0 radical (unpaired) electrons. The molecule has 0 atom stereocenters. The molecular formula is C20H32N2O2. The van der Waals surface area contributed by atoms with E-state index in [1.165, 1.54) is 25.7 Å². The van der Waals surface area contributed by atoms with Crippen LogP contribution in [0.3, 0.4) is 0 Å². The molecule has 0 saturated carbocycles. The minimum absolute atomic E-state index is 0.164. The summed E-state index contributed by atoms with van der Waals surface area (Å²) in [6.07, 6.45) is 8.92. The first-order valence-corrected chi connectivity index (χ1v) is 9.36. The predicted octanol–water partition coefficient (Wildman–Crippen LogP) is 4.31. The molecule has 0 spiro atoms. The Kier molecular flexibility index (Phi) is 10.6. The van der Waals surface area contributed by atoms with Crippen molar-refractivity contribution in [2.24, 2.45) is 0 Å². The van der Waals surface area contributed by atoms with E-state index in [1.54, 1.807) is 24.3 Å². The monoisotopic (exact) mass is 332 g/mol. The van der Waals surface area contributed by atoms with Crippen LogP contribution in [-0.4, -0.2) is 24.9 Å². The van der Waals surface area contributed by atoms with Crippen LogP contribution < -0.4 is 10.6 Å². The van der Waals surface area contributed by atoms with Crippen LogP contribution in [0.1, 0.15) is 85.9 Å². The standard InChI is InChI=1S/C20H32N2O2/c1-3-5-7-11-15-21-19(23)17-13-9-10-14-18(17)20(24)22-16-12-8-6-4-2/h9-10,13-14H,3-8,11-12,15-16H2,1-2H3,(H,21,23)(H,22,24). The van der Waals surface area contributed by atoms with Crippen molar-refractivity contribution in [3.63, 3.8) is 0 Å². The highest BCUT2D eigenvalue weighted by molar-refractivity contribution is 6.07. The van der Waals surface area contributed by atoms with Crippen LogP contribution in [0.2, 0.25) is 0 Å². The number of rotatable bonds is 12. The molecule has 4 heteroatoms. The number of benzene rings is 1. The molecule has 2 amide bonds. The van der Waals surface area contributed by atoms with Gasteiger partial charge in [-0.25, -0.2) is 0 Å². The van der Waals surface area contributed by atoms with Crippen molar-refractivity contribution < 1.29 is 9.59 Å². The van der Waals surface area contributed by atoms with Crippen molar-refractivity contribution in [3.05, 3.63) is 35.4 Å². The Labute approximate surface area is 146 Å². The normalized spacial score (nSPS) is 10.4. The number of amides is 2. The second kappa shape index (κ2) is 12.6. The Morgan fingerprint density at radius 3 is 1.50 bits per heavy atom. The van der Waals surface area contributed by atoms with E-state index in [-0.39, 0.29) is 11.8 Å². The summed E-state index contributed by atoms with van der Waals surface area (Å²) < 4.78 is 0. The summed E-state index contributed by atoms with van der Waals surface area (Å²) in [5.41, 5.74) is 0.915. The molecule has 4 nitrogen and oxygen atoms in total. The molecule has 0 fully saturated rings. The molecule has 0 aromatic heterocycles. The third-order valence-electron chi connectivity index (χ3n) is 4.05. The number of hydrogen-bond acceptors (Lipinski definition) is 2. The van der Waals surface area contributed by atoms with E-state index in [2.05, 4.69) is 24.5 Å². The molecule has 0 unspecified atom stereocenters. The zero-order valence-electron chi connectivity index (χ0n) is 15.2. The molecule has 1 rings (SSSR count). The van der Waals surface area contributed by atoms with E-state index in [1.807, 2.05) is 0 Å². The Morgan fingerprint density at radius 1 is 0.708 bits per heavy atom. The summed E-state index contributed by atoms with van der Waals surface area (Å²) in [6, 6.07) is 7.02. The summed E-state index contributed by atoms with van der Waals surface area (Å²) in [4.78, 5) is 24.7. The van der Waals surface area contributed by atoms with Crippen LogP contribution in [0.5, 0.6) is 0 Å². The van der Waals surface area contributed by atoms with Gasteiger partial charge >= 0.3 is 0 Å². The molecule has 1 aromatic carbocycles. The fourth-order valence-corrected chi connectivity index (χ4v) is 2.58. The first-order chi connectivity index (χ1) is 11.7. The van der Waals surface area contributed by atoms with Crippen LogP contribution in [0.25, 0.3) is 0 Å². The van der Waals surface area contributed by atoms with Crippen molar-refractivity contribution in [1.82, 2.24) is 10.6 Å². The highest BCUT2D eigenvalue weighted by Crippen LogP contribution is 2.09. The van der Waals surface area contributed by atoms with E-state index < -0.39 is 0 Å². The van der Waals surface area contributed by atoms with Crippen LogP contribution in [0.15, 0.2) is 24.3 Å². The Hall–Kier alpha value is -1.84. The van der Waals surface area contributed by atoms with Crippen molar-refractivity contribution >= 4 is 11.8 Å². The van der Waals surface area contributed by atoms with E-state index in [0.29, 0.717) is 24.2 Å². The lowest BCUT2D eigenvalue weighted by atomic mass is 10.1. The summed E-state index contributed by atoms with van der Waals surface area (Å²) in [5.74, 6) is -0.327. The molecule has 1 aromatic rings. The number of carbonyl (C=O) groups is 2. The van der Waals surface area contributed by atoms with E-state index in [9.17, 15) is 9.59 Å². The minimum Gasteiger partial charge on any atom is -0.352 e. The Morgan fingerprint density at radius 2 is 1.12 bits per heavy atom. The van der Waals surface area contributed by atoms with Gasteiger partial charge in [0.25, 0.3) is 11.8 Å². The lowest BCUT2D eigenvalue weighted by Gasteiger charge is -2.10. The zero-order valence-corrected chi connectivity index (χ0v) is 15.2. The first kappa shape index (κ1) is 20.2. The number of nitrogens with one attached hydrogen (secondary N) is 2. The fraction of sp³-hybridized carbons (Fsp3) is 0.600. The average Bonchev–Trinajstić information content (AvgIpc) is 2.61. The fourth-order valence-electron chi connectivity index (χ4n) is 2.58. The van der Waals surface area contributed by atoms with Crippen LogP contribution in [0, 0.1) is 0 Å². The largest absolute Gasteiger partial charge is 0.352 e. The third-order valence-corrected chi connectivity index (χ3v) is 4.05. The van der Waals surface area contributed by atoms with Crippen LogP contribution >= 0.6 is 0 Å². The van der Waals surface area contributed by atoms with Gasteiger partial charge < -0.3 is 10.6 Å². The summed E-state index contributed by atoms with van der Waals surface area (Å²) in [7, 11) is 0. The zero-order chi connectivity index (χ0) is 17.6. The average molecular weight is 332 g/mol. The van der Waals surface area contributed by atoms with Crippen LogP contribution in [-0.2, 0) is 0 Å². The number of carbonyl (C=O) groups excluding carboxylic acids is 2. The number of hydrogen-bond donors (Lipinski definition) is 2. The molecular weight excluding hydrogens is 300 g/mol. The van der Waals surface area contributed by atoms with Gasteiger partial charge in [-0.3, -0.25) is 9.59 Å². The third kappa shape index (κ3) is 7.62. The van der Waals surface area contributed by atoms with Gasteiger partial charge in [-0.15, -0.1) is 0 Å². The molecule has 0 bridgehead atoms. The van der Waals surface area contributed by atoms with Gasteiger partial charge in [0.15, 0.2) is 0 Å². The van der Waals surface area contributed by atoms with Gasteiger partial charge in [-0.05, 0) is 25.0 Å². The van der Waals surface area contributed by atoms with Gasteiger partial charge in [-0.2, -0.15) is 0 Å². The van der Waals surface area contributed by atoms with Gasteiger partial charge in [0, 0.05) is 13.1 Å². The van der Waals surface area contributed by atoms with Crippen molar-refractivity contribution in [1.29, 1.82) is 0 Å². The van der Waals surface area contributed by atoms with Gasteiger partial charge in [0.2, 0.25) is 0 Å². The lowest BCUT2D eigenvalue weighted by Crippen LogP contribution is -2.30. The second-order valence-corrected chi connectivity index (χ2v) is 6.18. The van der Waals surface area contributed by atoms with E-state index >= 15 is 0 Å². The maximum absolute atomic E-state index is 12.3. The summed E-state index contributed by atoms with van der Waals surface area (Å²) in [6.45, 7) is 5.64. The SMILES string of the molecule is CCCCCCNC(=O)c1ccccc1C(=O)NCCCCCC. The Balaban J connectivity index is 2.50. The van der Waals surface area contributed by atoms with Crippen LogP contribution in [0.4, 0.5) is 0 Å². The first-order valence-electron chi connectivity index (χ1n) is 9.36. The van der Waals surface area contributed by atoms with Crippen molar-refractivity contribution in [2.45, 2.75) is 65.2 Å². The minimum atomic E-state index is -0.164. The molecule has 0 aliphatic rings. The maximum Gasteiger partial charge on any atom is 0.252 e. The van der Waals surface area contributed by atoms with Crippen molar-refractivity contribution in [3.8, 4) is 0 Å². The molecule has 0 aliphatic carbocycles. The van der Waals surface area contributed by atoms with Gasteiger partial charge in [0.1, 0.15) is 0 Å². The molecule has 2 N–H and O–H groups in total. The molecule has 134 valence electrons. The molecule has 0 saturated heterocycles. The highest BCUT2D eigenvalue weighted by atomic mass is 16.2. The molecule has 0 heterocycles. The second-order valence-electron chi connectivity index (χ2n) is 6.18. The lowest BCUT2D eigenvalue weighted by molar-refractivity contribution is 0.0918. The van der Waals surface area contributed by atoms with Crippen molar-refractivity contribution in [2.75, 3.05) is 13.1 Å². The molecule has 24 heavy (non-hydrogen) atoms. The smallest absolute Gasteiger partial charge is 0.252 e. The van der Waals surface area contributed by atoms with Gasteiger partial charge in [-0.1, -0.05) is 64.5 Å². The van der Waals surface area contributed by atoms with E-state index in [4.69, 9.17) is 0 Å². The Bertz CT molecular complexity index is 455. The number of unbranched alkanes of at least 4 members (excludes halogenated alkanes) is 6. The predicted molar refractivity (Wildman–Crippen MR) is 99.4 cm³/mol. The summed E-state index contributed by atoms with van der Waals surface area (Å²) in [5, 5.41) is 5.84. The van der Waals surface area contributed by atoms with E-state index in [0.717, 1.165) is 25.7 Å². The summed E-state index contributed by atoms with van der Waals surface area (Å²) >= 11 is 0. The topological polar surface area (TPSA) is 58.2 Å². The highest BCUT2D eigenvalue weighted by Gasteiger charge is 2.15.